The molecule has 0 saturated carbocycles. The van der Waals surface area contributed by atoms with Crippen molar-refractivity contribution in [2.45, 2.75) is 6.04 Å². The lowest BCUT2D eigenvalue weighted by molar-refractivity contribution is -0.796. The molecule has 5 nitrogen and oxygen atoms in total. The van der Waals surface area contributed by atoms with E-state index in [0.29, 0.717) is 33.5 Å². The molecule has 0 amide bonds. The van der Waals surface area contributed by atoms with Gasteiger partial charge in [0.15, 0.2) is 17.6 Å². The Bertz CT molecular complexity index is 1160. The second kappa shape index (κ2) is 5.54. The Morgan fingerprint density at radius 3 is 1.89 bits per heavy atom. The predicted octanol–water partition coefficient (Wildman–Crippen LogP) is 2.41. The molecule has 27 heavy (non-hydrogen) atoms. The van der Waals surface area contributed by atoms with E-state index in [1.165, 1.54) is 6.07 Å². The van der Waals surface area contributed by atoms with E-state index in [-0.39, 0.29) is 28.0 Å². The first kappa shape index (κ1) is 15.8. The van der Waals surface area contributed by atoms with Crippen molar-refractivity contribution in [1.29, 1.82) is 0 Å². The quantitative estimate of drug-likeness (QED) is 0.532. The lowest BCUT2D eigenvalue weighted by Gasteiger charge is -2.25. The van der Waals surface area contributed by atoms with Crippen molar-refractivity contribution in [3.05, 3.63) is 105 Å². The van der Waals surface area contributed by atoms with E-state index in [1.54, 1.807) is 60.7 Å². The number of rotatable bonds is 1. The smallest absolute Gasteiger partial charge is 0.231 e. The van der Waals surface area contributed by atoms with Gasteiger partial charge in [-0.15, -0.1) is 0 Å². The van der Waals surface area contributed by atoms with Crippen LogP contribution in [0.15, 0.2) is 66.7 Å². The molecule has 0 saturated heterocycles. The van der Waals surface area contributed by atoms with Crippen molar-refractivity contribution in [2.24, 2.45) is 0 Å². The number of para-hydroxylation sites is 1. The molecule has 5 rings (SSSR count). The molecule has 130 valence electrons. The Balaban J connectivity index is 1.63. The topological polar surface area (TPSA) is 78.7 Å². The summed E-state index contributed by atoms with van der Waals surface area (Å²) >= 11 is 0. The zero-order chi connectivity index (χ0) is 18.7. The van der Waals surface area contributed by atoms with Crippen LogP contribution in [0.4, 0.5) is 5.69 Å². The van der Waals surface area contributed by atoms with E-state index in [9.17, 15) is 19.6 Å². The fourth-order valence-electron chi connectivity index (χ4n) is 3.94. The Kier molecular flexibility index (Phi) is 3.25. The minimum Gasteiger partial charge on any atom is -0.628 e. The normalized spacial score (nSPS) is 20.3. The lowest BCUT2D eigenvalue weighted by Crippen LogP contribution is -3.01. The van der Waals surface area contributed by atoms with Crippen LogP contribution in [0.1, 0.15) is 53.8 Å². The number of benzene rings is 3. The van der Waals surface area contributed by atoms with Gasteiger partial charge in [-0.1, -0.05) is 42.5 Å². The van der Waals surface area contributed by atoms with Crippen molar-refractivity contribution >= 4 is 23.0 Å². The van der Waals surface area contributed by atoms with Gasteiger partial charge in [-0.25, -0.2) is 0 Å². The molecule has 0 fully saturated rings. The summed E-state index contributed by atoms with van der Waals surface area (Å²) in [5.74, 6) is -0.762. The van der Waals surface area contributed by atoms with Crippen molar-refractivity contribution in [2.75, 3.05) is 0 Å². The van der Waals surface area contributed by atoms with Crippen LogP contribution < -0.4 is 5.06 Å². The summed E-state index contributed by atoms with van der Waals surface area (Å²) in [6, 6.07) is 17.1. The summed E-state index contributed by atoms with van der Waals surface area (Å²) in [6.07, 6.45) is 0. The third-order valence-corrected chi connectivity index (χ3v) is 5.26. The van der Waals surface area contributed by atoms with E-state index in [2.05, 4.69) is 0 Å². The first-order valence-corrected chi connectivity index (χ1v) is 8.58. The van der Waals surface area contributed by atoms with Crippen molar-refractivity contribution in [3.63, 3.8) is 0 Å². The number of carbonyl (C=O) groups excluding carboxylic acids is 3. The van der Waals surface area contributed by atoms with E-state index in [4.69, 9.17) is 0 Å². The molecule has 3 aromatic carbocycles. The van der Waals surface area contributed by atoms with Gasteiger partial charge in [0.25, 0.3) is 0 Å². The van der Waals surface area contributed by atoms with E-state index < -0.39 is 6.04 Å². The van der Waals surface area contributed by atoms with Gasteiger partial charge < -0.3 is 10.3 Å². The third kappa shape index (κ3) is 2.10. The molecule has 1 aliphatic heterocycles. The maximum Gasteiger partial charge on any atom is 0.231 e. The molecule has 1 N–H and O–H groups in total. The van der Waals surface area contributed by atoms with Crippen molar-refractivity contribution in [1.82, 2.24) is 0 Å². The number of fused-ring (bicyclic) bond motifs is 3. The molecule has 0 bridgehead atoms. The fourth-order valence-corrected chi connectivity index (χ4v) is 3.94. The SMILES string of the molecule is O=C1c2ccccc2C(=O)c2cc(C3C(=O)c4ccccc4[NH+]3[O-])ccc21. The molecule has 2 aliphatic rings. The van der Waals surface area contributed by atoms with Gasteiger partial charge in [0, 0.05) is 33.9 Å². The Hall–Kier alpha value is -3.41. The molecule has 1 heterocycles. The average Bonchev–Trinajstić information content (AvgIpc) is 2.96. The molecule has 3 aromatic rings. The van der Waals surface area contributed by atoms with E-state index in [1.807, 2.05) is 0 Å². The van der Waals surface area contributed by atoms with Crippen LogP contribution in [0.25, 0.3) is 0 Å². The number of Topliss-reactive ketones (excluding diaryl/α,β-unsaturated/α-hetero) is 1. The monoisotopic (exact) mass is 355 g/mol. The minimum absolute atomic E-state index is 0.223. The Labute approximate surface area is 154 Å². The molecule has 2 unspecified atom stereocenters. The molecular formula is C22H13NO4. The number of hydrogen-bond donors (Lipinski definition) is 1. The zero-order valence-corrected chi connectivity index (χ0v) is 14.1. The second-order valence-corrected chi connectivity index (χ2v) is 6.72. The summed E-state index contributed by atoms with van der Waals surface area (Å²) in [5.41, 5.74) is 2.52. The van der Waals surface area contributed by atoms with Crippen molar-refractivity contribution in [3.8, 4) is 0 Å². The summed E-state index contributed by atoms with van der Waals surface area (Å²) in [7, 11) is 0. The average molecular weight is 355 g/mol. The number of hydrogen-bond acceptors (Lipinski definition) is 4. The molecule has 0 aromatic heterocycles. The highest BCUT2D eigenvalue weighted by molar-refractivity contribution is 6.28. The first-order valence-electron chi connectivity index (χ1n) is 8.58. The second-order valence-electron chi connectivity index (χ2n) is 6.72. The number of carbonyl (C=O) groups is 3. The van der Waals surface area contributed by atoms with Crippen LogP contribution in [0.3, 0.4) is 0 Å². The molecular weight excluding hydrogens is 342 g/mol. The van der Waals surface area contributed by atoms with Crippen LogP contribution in [-0.2, 0) is 0 Å². The molecule has 0 radical (unpaired) electrons. The van der Waals surface area contributed by atoms with E-state index in [0.717, 1.165) is 0 Å². The largest absolute Gasteiger partial charge is 0.628 e. The Morgan fingerprint density at radius 2 is 1.22 bits per heavy atom. The standard InChI is InChI=1S/C22H13NO4/c24-20-13-5-1-2-6-14(13)21(25)17-11-12(9-10-15(17)20)19-22(26)16-7-3-4-8-18(16)23(19)27/h1-11,19,23H. The van der Waals surface area contributed by atoms with Gasteiger partial charge in [0.2, 0.25) is 5.78 Å². The van der Waals surface area contributed by atoms with Gasteiger partial charge in [-0.05, 0) is 18.2 Å². The minimum atomic E-state index is -0.965. The summed E-state index contributed by atoms with van der Waals surface area (Å²) in [4.78, 5) is 38.3. The third-order valence-electron chi connectivity index (χ3n) is 5.26. The highest BCUT2D eigenvalue weighted by atomic mass is 16.5. The molecule has 1 aliphatic carbocycles. The molecule has 2 atom stereocenters. The highest BCUT2D eigenvalue weighted by Crippen LogP contribution is 2.32. The van der Waals surface area contributed by atoms with Crippen molar-refractivity contribution < 1.29 is 19.4 Å². The van der Waals surface area contributed by atoms with Crippen LogP contribution >= 0.6 is 0 Å². The van der Waals surface area contributed by atoms with Gasteiger partial charge >= 0.3 is 0 Å². The number of nitrogens with one attached hydrogen (secondary N) is 1. The van der Waals surface area contributed by atoms with Crippen LogP contribution in [-0.4, -0.2) is 17.3 Å². The maximum absolute atomic E-state index is 12.9. The number of ketones is 3. The summed E-state index contributed by atoms with van der Waals surface area (Å²) in [6.45, 7) is 0. The van der Waals surface area contributed by atoms with Crippen LogP contribution in [0.2, 0.25) is 0 Å². The van der Waals surface area contributed by atoms with Gasteiger partial charge in [-0.3, -0.25) is 14.4 Å². The fraction of sp³-hybridized carbons (Fsp3) is 0.0455. The highest BCUT2D eigenvalue weighted by Gasteiger charge is 2.40. The number of quaternary nitrogens is 1. The maximum atomic E-state index is 12.9. The van der Waals surface area contributed by atoms with Crippen LogP contribution in [0.5, 0.6) is 0 Å². The first-order chi connectivity index (χ1) is 13.1. The van der Waals surface area contributed by atoms with Gasteiger partial charge in [0.1, 0.15) is 5.69 Å². The van der Waals surface area contributed by atoms with Gasteiger partial charge in [0.05, 0.1) is 5.56 Å². The van der Waals surface area contributed by atoms with E-state index >= 15 is 0 Å². The summed E-state index contributed by atoms with van der Waals surface area (Å²) < 4.78 is 0. The molecule has 5 heteroatoms. The molecule has 0 spiro atoms. The lowest BCUT2D eigenvalue weighted by atomic mass is 9.82. The zero-order valence-electron chi connectivity index (χ0n) is 14.1. The van der Waals surface area contributed by atoms with Gasteiger partial charge in [-0.2, -0.15) is 0 Å². The summed E-state index contributed by atoms with van der Waals surface area (Å²) in [5, 5.41) is 12.5. The predicted molar refractivity (Wildman–Crippen MR) is 97.3 cm³/mol. The Morgan fingerprint density at radius 1 is 0.667 bits per heavy atom. The number of hydroxylamine groups is 1. The van der Waals surface area contributed by atoms with Crippen LogP contribution in [0, 0.1) is 5.21 Å².